The van der Waals surface area contributed by atoms with E-state index in [2.05, 4.69) is 0 Å². The third kappa shape index (κ3) is 6.49. The van der Waals surface area contributed by atoms with Crippen LogP contribution in [0.1, 0.15) is 42.4 Å². The molecule has 210 valence electrons. The summed E-state index contributed by atoms with van der Waals surface area (Å²) in [5.74, 6) is -1.63. The first-order valence-electron chi connectivity index (χ1n) is 12.7. The number of benzene rings is 2. The first kappa shape index (κ1) is 28.3. The van der Waals surface area contributed by atoms with E-state index in [9.17, 15) is 31.9 Å². The molecular weight excluding hydrogens is 520 g/mol. The van der Waals surface area contributed by atoms with Crippen molar-refractivity contribution in [1.29, 1.82) is 0 Å². The Labute approximate surface area is 223 Å². The number of carbonyl (C=O) groups excluding carboxylic acids is 3. The van der Waals surface area contributed by atoms with Crippen LogP contribution in [0, 0.1) is 5.82 Å². The molecule has 0 radical (unpaired) electrons. The molecule has 2 aliphatic heterocycles. The Balaban J connectivity index is 1.53. The molecule has 8 nitrogen and oxygen atoms in total. The molecule has 0 saturated carbocycles. The predicted molar refractivity (Wildman–Crippen MR) is 132 cm³/mol. The van der Waals surface area contributed by atoms with Crippen LogP contribution in [-0.4, -0.2) is 64.4 Å². The van der Waals surface area contributed by atoms with E-state index < -0.39 is 42.5 Å². The first-order chi connectivity index (χ1) is 18.6. The monoisotopic (exact) mass is 550 g/mol. The number of piperazine rings is 1. The second-order valence-corrected chi connectivity index (χ2v) is 9.59. The Morgan fingerprint density at radius 3 is 2.49 bits per heavy atom. The maximum Gasteiger partial charge on any atom is 0.416 e. The minimum Gasteiger partial charge on any atom is -0.444 e. The van der Waals surface area contributed by atoms with E-state index in [0.29, 0.717) is 37.9 Å². The van der Waals surface area contributed by atoms with Crippen LogP contribution in [0.2, 0.25) is 0 Å². The SMILES string of the molecule is NCCCC[C@H]1C(=O)N(Cc2ccccc2)C[C@@H]2N(C(=O)OCc3ccc(C(F)(F)F)cc3F)CCC(=O)N21. The Bertz CT molecular complexity index is 1190. The van der Waals surface area contributed by atoms with Crippen LogP contribution in [0.15, 0.2) is 48.5 Å². The molecule has 0 aliphatic carbocycles. The van der Waals surface area contributed by atoms with Crippen molar-refractivity contribution >= 4 is 17.9 Å². The number of halogens is 4. The van der Waals surface area contributed by atoms with E-state index in [4.69, 9.17) is 10.5 Å². The van der Waals surface area contributed by atoms with Crippen molar-refractivity contribution in [3.8, 4) is 0 Å². The minimum absolute atomic E-state index is 0.0250. The molecule has 2 atom stereocenters. The summed E-state index contributed by atoms with van der Waals surface area (Å²) < 4.78 is 58.1. The number of alkyl halides is 3. The van der Waals surface area contributed by atoms with Gasteiger partial charge in [-0.25, -0.2) is 9.18 Å². The van der Waals surface area contributed by atoms with Crippen molar-refractivity contribution in [2.75, 3.05) is 19.6 Å². The number of hydrogen-bond donors (Lipinski definition) is 1. The second kappa shape index (κ2) is 12.0. The van der Waals surface area contributed by atoms with Gasteiger partial charge in [0.1, 0.15) is 24.6 Å². The smallest absolute Gasteiger partial charge is 0.416 e. The molecule has 0 unspecified atom stereocenters. The second-order valence-electron chi connectivity index (χ2n) is 9.59. The molecule has 2 saturated heterocycles. The summed E-state index contributed by atoms with van der Waals surface area (Å²) >= 11 is 0. The summed E-state index contributed by atoms with van der Waals surface area (Å²) in [6, 6.07) is 10.5. The van der Waals surface area contributed by atoms with Gasteiger partial charge in [-0.1, -0.05) is 36.4 Å². The van der Waals surface area contributed by atoms with Crippen LogP contribution in [0.4, 0.5) is 22.4 Å². The van der Waals surface area contributed by atoms with Crippen LogP contribution in [0.3, 0.4) is 0 Å². The van der Waals surface area contributed by atoms with Gasteiger partial charge < -0.3 is 20.3 Å². The van der Waals surface area contributed by atoms with Gasteiger partial charge in [0.15, 0.2) is 0 Å². The summed E-state index contributed by atoms with van der Waals surface area (Å²) in [5, 5.41) is 0. The first-order valence-corrected chi connectivity index (χ1v) is 12.7. The molecule has 2 aromatic carbocycles. The van der Waals surface area contributed by atoms with Gasteiger partial charge in [0.2, 0.25) is 11.8 Å². The number of nitrogens with zero attached hydrogens (tertiary/aromatic N) is 3. The molecule has 0 bridgehead atoms. The van der Waals surface area contributed by atoms with E-state index in [1.807, 2.05) is 30.3 Å². The quantitative estimate of drug-likeness (QED) is 0.398. The molecular formula is C27H30F4N4O4. The van der Waals surface area contributed by atoms with Crippen molar-refractivity contribution in [2.45, 2.75) is 57.2 Å². The van der Waals surface area contributed by atoms with E-state index in [-0.39, 0.29) is 43.4 Å². The molecule has 2 fully saturated rings. The average molecular weight is 551 g/mol. The maximum atomic E-state index is 14.3. The van der Waals surface area contributed by atoms with Gasteiger partial charge in [-0.3, -0.25) is 14.5 Å². The maximum absolute atomic E-state index is 14.3. The molecule has 2 N–H and O–H groups in total. The zero-order chi connectivity index (χ0) is 28.2. The highest BCUT2D eigenvalue weighted by atomic mass is 19.4. The Hall–Kier alpha value is -3.67. The van der Waals surface area contributed by atoms with Gasteiger partial charge in [0.05, 0.1) is 12.1 Å². The number of amides is 3. The van der Waals surface area contributed by atoms with Gasteiger partial charge in [-0.05, 0) is 43.5 Å². The van der Waals surface area contributed by atoms with Crippen molar-refractivity contribution in [3.63, 3.8) is 0 Å². The third-order valence-corrected chi connectivity index (χ3v) is 6.97. The lowest BCUT2D eigenvalue weighted by atomic mass is 9.98. The number of nitrogens with two attached hydrogens (primary N) is 1. The molecule has 2 aromatic rings. The number of unbranched alkanes of at least 4 members (excludes halogenated alkanes) is 1. The lowest BCUT2D eigenvalue weighted by molar-refractivity contribution is -0.169. The lowest BCUT2D eigenvalue weighted by Gasteiger charge is -2.52. The fourth-order valence-electron chi connectivity index (χ4n) is 4.96. The number of hydrogen-bond acceptors (Lipinski definition) is 5. The van der Waals surface area contributed by atoms with Crippen molar-refractivity contribution in [1.82, 2.24) is 14.7 Å². The van der Waals surface area contributed by atoms with E-state index in [0.717, 1.165) is 11.6 Å². The van der Waals surface area contributed by atoms with Crippen molar-refractivity contribution in [3.05, 3.63) is 71.0 Å². The zero-order valence-corrected chi connectivity index (χ0v) is 21.2. The predicted octanol–water partition coefficient (Wildman–Crippen LogP) is 3.88. The van der Waals surface area contributed by atoms with Crippen LogP contribution in [0.25, 0.3) is 0 Å². The summed E-state index contributed by atoms with van der Waals surface area (Å²) in [6.07, 6.45) is -4.74. The number of ether oxygens (including phenoxy) is 1. The Morgan fingerprint density at radius 2 is 1.82 bits per heavy atom. The fourth-order valence-corrected chi connectivity index (χ4v) is 4.96. The highest BCUT2D eigenvalue weighted by Crippen LogP contribution is 2.31. The average Bonchev–Trinajstić information content (AvgIpc) is 2.90. The van der Waals surface area contributed by atoms with Crippen LogP contribution >= 0.6 is 0 Å². The number of carbonyl (C=O) groups is 3. The van der Waals surface area contributed by atoms with E-state index in [1.54, 1.807) is 4.90 Å². The van der Waals surface area contributed by atoms with Crippen molar-refractivity contribution < 1.29 is 36.7 Å². The largest absolute Gasteiger partial charge is 0.444 e. The van der Waals surface area contributed by atoms with Gasteiger partial charge >= 0.3 is 12.3 Å². The standard InChI is InChI=1S/C27H30F4N4O4/c28-21-14-20(27(29,30)31)10-9-19(21)17-39-26(38)34-13-11-24(36)35-22(8-4-5-12-32)25(37)33(16-23(34)35)15-18-6-2-1-3-7-18/h1-3,6-7,9-10,14,22-23H,4-5,8,11-13,15-17,32H2/t22-,23+/m0/s1. The summed E-state index contributed by atoms with van der Waals surface area (Å²) in [7, 11) is 0. The van der Waals surface area contributed by atoms with Gasteiger partial charge in [0, 0.05) is 25.1 Å². The van der Waals surface area contributed by atoms with E-state index >= 15 is 0 Å². The Morgan fingerprint density at radius 1 is 1.08 bits per heavy atom. The minimum atomic E-state index is -4.70. The van der Waals surface area contributed by atoms with Crippen LogP contribution in [0.5, 0.6) is 0 Å². The zero-order valence-electron chi connectivity index (χ0n) is 21.2. The molecule has 12 heteroatoms. The van der Waals surface area contributed by atoms with Gasteiger partial charge in [-0.15, -0.1) is 0 Å². The summed E-state index contributed by atoms with van der Waals surface area (Å²) in [4.78, 5) is 44.0. The van der Waals surface area contributed by atoms with Crippen LogP contribution in [-0.2, 0) is 33.7 Å². The van der Waals surface area contributed by atoms with E-state index in [1.165, 1.54) is 9.80 Å². The molecule has 39 heavy (non-hydrogen) atoms. The van der Waals surface area contributed by atoms with Crippen molar-refractivity contribution in [2.24, 2.45) is 5.73 Å². The molecule has 0 aromatic heterocycles. The highest BCUT2D eigenvalue weighted by molar-refractivity contribution is 5.90. The number of rotatable bonds is 8. The summed E-state index contributed by atoms with van der Waals surface area (Å²) in [5.41, 5.74) is 5.14. The van der Waals surface area contributed by atoms with Gasteiger partial charge in [0.25, 0.3) is 0 Å². The molecule has 2 heterocycles. The highest BCUT2D eigenvalue weighted by Gasteiger charge is 2.48. The Kier molecular flexibility index (Phi) is 8.73. The summed E-state index contributed by atoms with van der Waals surface area (Å²) in [6.45, 7) is 0.205. The lowest BCUT2D eigenvalue weighted by Crippen LogP contribution is -2.71. The third-order valence-electron chi connectivity index (χ3n) is 6.97. The number of fused-ring (bicyclic) bond motifs is 1. The normalized spacial score (nSPS) is 19.8. The molecule has 3 amide bonds. The van der Waals surface area contributed by atoms with Gasteiger partial charge in [-0.2, -0.15) is 13.2 Å². The molecule has 4 rings (SSSR count). The fraction of sp³-hybridized carbons (Fsp3) is 0.444. The topological polar surface area (TPSA) is 96.2 Å². The molecule has 2 aliphatic rings. The molecule has 0 spiro atoms. The van der Waals surface area contributed by atoms with Crippen LogP contribution < -0.4 is 5.73 Å².